The van der Waals surface area contributed by atoms with Crippen LogP contribution in [0, 0.1) is 6.92 Å². The second-order valence-electron chi connectivity index (χ2n) is 4.17. The van der Waals surface area contributed by atoms with E-state index < -0.39 is 0 Å². The summed E-state index contributed by atoms with van der Waals surface area (Å²) in [5, 5.41) is 11.4. The number of hydrogen-bond acceptors (Lipinski definition) is 5. The summed E-state index contributed by atoms with van der Waals surface area (Å²) in [6.45, 7) is 1.92. The summed E-state index contributed by atoms with van der Waals surface area (Å²) in [6, 6.07) is -0.177. The Bertz CT molecular complexity index is 591. The Balaban J connectivity index is 2.44. The van der Waals surface area contributed by atoms with E-state index in [0.29, 0.717) is 4.70 Å². The molecule has 0 unspecified atom stereocenters. The maximum absolute atomic E-state index is 12.3. The van der Waals surface area contributed by atoms with Gasteiger partial charge in [-0.3, -0.25) is 9.36 Å². The lowest BCUT2D eigenvalue weighted by Crippen LogP contribution is -2.27. The van der Waals surface area contributed by atoms with Gasteiger partial charge in [0, 0.05) is 0 Å². The first-order chi connectivity index (χ1) is 8.69. The van der Waals surface area contributed by atoms with Crippen molar-refractivity contribution in [3.8, 4) is 0 Å². The minimum Gasteiger partial charge on any atom is -0.394 e. The van der Waals surface area contributed by atoms with Gasteiger partial charge in [-0.25, -0.2) is 4.98 Å². The third-order valence-electron chi connectivity index (χ3n) is 2.94. The van der Waals surface area contributed by atoms with E-state index >= 15 is 0 Å². The highest BCUT2D eigenvalue weighted by molar-refractivity contribution is 7.98. The maximum Gasteiger partial charge on any atom is 0.271 e. The molecule has 0 amide bonds. The highest BCUT2D eigenvalue weighted by Gasteiger charge is 2.15. The van der Waals surface area contributed by atoms with Crippen LogP contribution in [0.1, 0.15) is 18.0 Å². The first-order valence-electron chi connectivity index (χ1n) is 5.73. The summed E-state index contributed by atoms with van der Waals surface area (Å²) in [7, 11) is 0. The fourth-order valence-electron chi connectivity index (χ4n) is 1.87. The van der Waals surface area contributed by atoms with E-state index in [-0.39, 0.29) is 18.2 Å². The first-order valence-corrected chi connectivity index (χ1v) is 8.01. The topological polar surface area (TPSA) is 55.1 Å². The largest absolute Gasteiger partial charge is 0.394 e. The van der Waals surface area contributed by atoms with Crippen LogP contribution in [-0.4, -0.2) is 33.3 Å². The fourth-order valence-corrected chi connectivity index (χ4v) is 3.32. The van der Waals surface area contributed by atoms with E-state index in [2.05, 4.69) is 4.98 Å². The third-order valence-corrected chi connectivity index (χ3v) is 4.66. The Morgan fingerprint density at radius 3 is 3.06 bits per heavy atom. The number of aliphatic hydroxyl groups excluding tert-OH is 1. The van der Waals surface area contributed by atoms with E-state index in [0.717, 1.165) is 23.3 Å². The van der Waals surface area contributed by atoms with Crippen LogP contribution < -0.4 is 5.56 Å². The normalized spacial score (nSPS) is 13.1. The predicted octanol–water partition coefficient (Wildman–Crippen LogP) is 2.05. The minimum atomic E-state index is -0.177. The zero-order chi connectivity index (χ0) is 13.1. The van der Waals surface area contributed by atoms with Crippen molar-refractivity contribution in [3.63, 3.8) is 0 Å². The van der Waals surface area contributed by atoms with Gasteiger partial charge in [-0.2, -0.15) is 11.8 Å². The fraction of sp³-hybridized carbons (Fsp3) is 0.500. The number of hydrogen-bond donors (Lipinski definition) is 1. The summed E-state index contributed by atoms with van der Waals surface area (Å²) in [5.41, 5.74) is 1.77. The van der Waals surface area contributed by atoms with Crippen LogP contribution in [0.5, 0.6) is 0 Å². The number of aliphatic hydroxyl groups is 1. The van der Waals surface area contributed by atoms with Crippen LogP contribution in [-0.2, 0) is 0 Å². The Hall–Kier alpha value is -0.850. The summed E-state index contributed by atoms with van der Waals surface area (Å²) >= 11 is 3.13. The number of thiophene rings is 1. The van der Waals surface area contributed by atoms with Crippen molar-refractivity contribution in [2.75, 3.05) is 18.6 Å². The molecule has 0 aromatic carbocycles. The molecule has 0 saturated heterocycles. The first kappa shape index (κ1) is 13.6. The Kier molecular flexibility index (Phi) is 4.42. The molecule has 18 heavy (non-hydrogen) atoms. The predicted molar refractivity (Wildman–Crippen MR) is 77.7 cm³/mol. The number of thioether (sulfide) groups is 1. The molecule has 0 aliphatic rings. The van der Waals surface area contributed by atoms with Crippen LogP contribution >= 0.6 is 23.1 Å². The lowest BCUT2D eigenvalue weighted by atomic mass is 10.2. The zero-order valence-electron chi connectivity index (χ0n) is 10.4. The zero-order valence-corrected chi connectivity index (χ0v) is 12.1. The second kappa shape index (κ2) is 5.86. The SMILES string of the molecule is CSCC[C@@H](CO)n1cnc2c(C)csc2c1=O. The molecule has 98 valence electrons. The molecule has 0 bridgehead atoms. The van der Waals surface area contributed by atoms with Gasteiger partial charge in [0.2, 0.25) is 0 Å². The van der Waals surface area contributed by atoms with Gasteiger partial charge in [0.25, 0.3) is 5.56 Å². The van der Waals surface area contributed by atoms with Crippen molar-refractivity contribution in [2.24, 2.45) is 0 Å². The van der Waals surface area contributed by atoms with Crippen LogP contribution in [0.2, 0.25) is 0 Å². The van der Waals surface area contributed by atoms with Crippen molar-refractivity contribution in [3.05, 3.63) is 27.6 Å². The molecule has 2 rings (SSSR count). The standard InChI is InChI=1S/C12H16N2O2S2/c1-8-6-18-11-10(8)13-7-14(12(11)16)9(5-15)3-4-17-2/h6-7,9,15H,3-5H2,1-2H3/t9-/m0/s1. The monoisotopic (exact) mass is 284 g/mol. The van der Waals surface area contributed by atoms with Gasteiger partial charge in [-0.1, -0.05) is 0 Å². The molecule has 6 heteroatoms. The van der Waals surface area contributed by atoms with Crippen molar-refractivity contribution < 1.29 is 5.11 Å². The third kappa shape index (κ3) is 2.46. The highest BCUT2D eigenvalue weighted by Crippen LogP contribution is 2.21. The van der Waals surface area contributed by atoms with E-state index in [1.165, 1.54) is 11.3 Å². The maximum atomic E-state index is 12.3. The average molecular weight is 284 g/mol. The van der Waals surface area contributed by atoms with Gasteiger partial charge in [0.05, 0.1) is 24.5 Å². The molecule has 1 N–H and O–H groups in total. The van der Waals surface area contributed by atoms with Crippen molar-refractivity contribution >= 4 is 33.3 Å². The smallest absolute Gasteiger partial charge is 0.271 e. The number of fused-ring (bicyclic) bond motifs is 1. The van der Waals surface area contributed by atoms with Crippen LogP contribution in [0.25, 0.3) is 10.2 Å². The van der Waals surface area contributed by atoms with E-state index in [4.69, 9.17) is 0 Å². The van der Waals surface area contributed by atoms with Gasteiger partial charge in [0.15, 0.2) is 0 Å². The lowest BCUT2D eigenvalue weighted by molar-refractivity contribution is 0.222. The van der Waals surface area contributed by atoms with Crippen LogP contribution in [0.4, 0.5) is 0 Å². The summed E-state index contributed by atoms with van der Waals surface area (Å²) in [4.78, 5) is 16.7. The van der Waals surface area contributed by atoms with E-state index in [1.54, 1.807) is 22.7 Å². The van der Waals surface area contributed by atoms with Gasteiger partial charge in [-0.15, -0.1) is 11.3 Å². The molecule has 0 saturated carbocycles. The summed E-state index contributed by atoms with van der Waals surface area (Å²) in [6.07, 6.45) is 4.35. The minimum absolute atomic E-state index is 0.0298. The molecule has 4 nitrogen and oxygen atoms in total. The van der Waals surface area contributed by atoms with E-state index in [9.17, 15) is 9.90 Å². The van der Waals surface area contributed by atoms with Crippen LogP contribution in [0.3, 0.4) is 0 Å². The molecule has 0 radical (unpaired) electrons. The molecule has 2 heterocycles. The van der Waals surface area contributed by atoms with Crippen molar-refractivity contribution in [1.82, 2.24) is 9.55 Å². The van der Waals surface area contributed by atoms with Crippen molar-refractivity contribution in [1.29, 1.82) is 0 Å². The molecule has 0 aliphatic heterocycles. The number of nitrogens with zero attached hydrogens (tertiary/aromatic N) is 2. The molecular formula is C12H16N2O2S2. The molecule has 1 atom stereocenters. The van der Waals surface area contributed by atoms with Crippen molar-refractivity contribution in [2.45, 2.75) is 19.4 Å². The molecule has 0 aliphatic carbocycles. The summed E-state index contributed by atoms with van der Waals surface area (Å²) in [5.74, 6) is 0.916. The van der Waals surface area contributed by atoms with E-state index in [1.807, 2.05) is 18.6 Å². The Morgan fingerprint density at radius 1 is 1.61 bits per heavy atom. The quantitative estimate of drug-likeness (QED) is 0.913. The Morgan fingerprint density at radius 2 is 2.39 bits per heavy atom. The molecule has 2 aromatic heterocycles. The van der Waals surface area contributed by atoms with Gasteiger partial charge < -0.3 is 5.11 Å². The number of rotatable bonds is 5. The van der Waals surface area contributed by atoms with Gasteiger partial charge >= 0.3 is 0 Å². The average Bonchev–Trinajstić information content (AvgIpc) is 2.75. The van der Waals surface area contributed by atoms with Gasteiger partial charge in [0.1, 0.15) is 4.70 Å². The lowest BCUT2D eigenvalue weighted by Gasteiger charge is -2.16. The molecular weight excluding hydrogens is 268 g/mol. The highest BCUT2D eigenvalue weighted by atomic mass is 32.2. The van der Waals surface area contributed by atoms with Gasteiger partial charge in [-0.05, 0) is 36.3 Å². The van der Waals surface area contributed by atoms with Crippen LogP contribution in [0.15, 0.2) is 16.5 Å². The molecule has 0 fully saturated rings. The molecule has 0 spiro atoms. The molecule has 2 aromatic rings. The second-order valence-corrected chi connectivity index (χ2v) is 6.04. The Labute approximate surface area is 114 Å². The summed E-state index contributed by atoms with van der Waals surface area (Å²) < 4.78 is 2.24. The number of aryl methyl sites for hydroxylation is 1. The number of aromatic nitrogens is 2.